The fraction of sp³-hybridized carbons (Fsp3) is 1.00. The molecule has 30 atom stereocenters. The average Bonchev–Trinajstić information content (AvgIpc) is 3.33. The third-order valence-corrected chi connectivity index (χ3v) is 13.6. The van der Waals surface area contributed by atoms with Crippen LogP contribution in [0.25, 0.3) is 0 Å². The van der Waals surface area contributed by atoms with Crippen molar-refractivity contribution >= 4 is 32.9 Å². The van der Waals surface area contributed by atoms with E-state index in [0.29, 0.717) is 0 Å². The fourth-order valence-corrected chi connectivity index (χ4v) is 9.90. The second-order valence-corrected chi connectivity index (χ2v) is 17.7. The molecule has 16 N–H and O–H groups in total. The van der Waals surface area contributed by atoms with Gasteiger partial charge in [-0.05, 0) is 0 Å². The van der Waals surface area contributed by atoms with Gasteiger partial charge in [-0.25, -0.2) is 0 Å². The molecule has 22 aliphatic rings. The van der Waals surface area contributed by atoms with Crippen molar-refractivity contribution in [1.82, 2.24) is 0 Å². The molecule has 0 spiro atoms. The van der Waals surface area contributed by atoms with Gasteiger partial charge in [0, 0.05) is 0 Å². The summed E-state index contributed by atoms with van der Waals surface area (Å²) in [5.41, 5.74) is 0. The molecule has 0 aromatic rings. The van der Waals surface area contributed by atoms with Gasteiger partial charge in [-0.2, -0.15) is 0 Å². The van der Waals surface area contributed by atoms with E-state index in [1.54, 1.807) is 0 Å². The second-order valence-electron chi connectivity index (χ2n) is 17.0. The van der Waals surface area contributed by atoms with Crippen molar-refractivity contribution in [3.8, 4) is 0 Å². The Balaban J connectivity index is 1.21. The van der Waals surface area contributed by atoms with Gasteiger partial charge in [0.05, 0.1) is 62.0 Å². The van der Waals surface area contributed by atoms with Gasteiger partial charge < -0.3 is 142 Å². The molecule has 0 unspecified atom stereocenters. The molecular weight excluding hydrogens is 1020 g/mol. The van der Waals surface area contributed by atoms with Crippen LogP contribution in [-0.2, 0) is 64.5 Å². The predicted octanol–water partition coefficient (Wildman–Crippen LogP) is -11.6. The van der Waals surface area contributed by atoms with Crippen LogP contribution in [0, 0.1) is 0 Å². The molecule has 32 heteroatoms. The van der Waals surface area contributed by atoms with Crippen molar-refractivity contribution in [2.75, 3.05) is 39.6 Å². The molecule has 0 aromatic carbocycles. The van der Waals surface area contributed by atoms with Crippen molar-refractivity contribution in [3.63, 3.8) is 0 Å². The maximum absolute atomic E-state index is 11.5. The third-order valence-electron chi connectivity index (χ3n) is 12.9. The number of rotatable bonds is 8. The molecule has 22 rings (SSSR count). The van der Waals surface area contributed by atoms with E-state index in [0.717, 1.165) is 0 Å². The van der Waals surface area contributed by atoms with Gasteiger partial charge in [0.15, 0.2) is 37.7 Å². The molecule has 12 bridgehead atoms. The molecule has 0 saturated carbocycles. The Labute approximate surface area is 401 Å². The zero-order chi connectivity index (χ0) is 49.5. The average molecular weight is 1080 g/mol. The topological polar surface area (TPSA) is 453 Å². The van der Waals surface area contributed by atoms with Crippen LogP contribution in [0.3, 0.4) is 0 Å². The zero-order valence-corrected chi connectivity index (χ0v) is 38.1. The van der Waals surface area contributed by atoms with Gasteiger partial charge in [-0.1, -0.05) is 0 Å². The van der Waals surface area contributed by atoms with E-state index in [9.17, 15) is 81.7 Å². The Hall–Kier alpha value is -0.188. The summed E-state index contributed by atoms with van der Waals surface area (Å²) in [5, 5.41) is 175. The second kappa shape index (κ2) is 24.0. The first kappa shape index (κ1) is 55.6. The summed E-state index contributed by atoms with van der Waals surface area (Å²) in [6.45, 7) is -5.70. The molecule has 22 aliphatic heterocycles. The van der Waals surface area contributed by atoms with Crippen LogP contribution >= 0.6 is 16.3 Å². The molecule has 22 heterocycles. The van der Waals surface area contributed by atoms with E-state index in [1.807, 2.05) is 16.6 Å². The molecule has 0 aliphatic carbocycles. The molecule has 392 valence electrons. The first-order chi connectivity index (χ1) is 32.5. The van der Waals surface area contributed by atoms with Crippen molar-refractivity contribution in [2.24, 2.45) is 0 Å². The summed E-state index contributed by atoms with van der Waals surface area (Å²) in [6.07, 6.45) is -55.3. The van der Waals surface area contributed by atoms with E-state index in [4.69, 9.17) is 64.5 Å². The highest BCUT2D eigenvalue weighted by Crippen LogP contribution is 2.39. The predicted molar refractivity (Wildman–Crippen MR) is 208 cm³/mol. The van der Waals surface area contributed by atoms with Crippen molar-refractivity contribution in [3.05, 3.63) is 0 Å². The molecule has 22 fully saturated rings. The molecular formula is C36H58AlBrO30. The zero-order valence-electron chi connectivity index (χ0n) is 35.4. The maximum atomic E-state index is 11.5. The van der Waals surface area contributed by atoms with E-state index in [2.05, 4.69) is 16.3 Å². The lowest BCUT2D eigenvalue weighted by Gasteiger charge is -2.51. The minimum atomic E-state index is -2.13. The number of ether oxygens (including phenoxy) is 12. The molecule has 22 saturated heterocycles. The van der Waals surface area contributed by atoms with Gasteiger partial charge in [-0.15, -0.1) is 0 Å². The highest BCUT2D eigenvalue weighted by molar-refractivity contribution is 9.06. The number of hydrogen-bond donors (Lipinski definition) is 16. The van der Waals surface area contributed by atoms with Gasteiger partial charge in [0.25, 0.3) is 0 Å². The van der Waals surface area contributed by atoms with Crippen LogP contribution < -0.4 is 0 Å². The SMILES string of the molecule is OC[C@H]1O[C@@H]2O[C@@H]3[C@H](OBr)[C@@H](O)[C@@H](O[C@H]4[C@H](O)[C@@H](O)[C@@H](O[C@H]5[C@H](O)[C@@H](O)[C@@H](O[C@H]6[C@H](O)[C@@H](O)[C@@H](O[C@H]7[C@H](O)[C@@H](O)[C@@H](O[C@@H]1[C@H]([O][Al])[C@H]2O)O[C@@H]7CO)O[C@@H]6CO)O[C@@H]5CO)O[C@@H]4CO)O[C@@H]3CO. The molecule has 0 amide bonds. The Kier molecular flexibility index (Phi) is 19.6. The fourth-order valence-electron chi connectivity index (χ4n) is 9.15. The van der Waals surface area contributed by atoms with Crippen LogP contribution in [0.1, 0.15) is 0 Å². The van der Waals surface area contributed by atoms with Crippen molar-refractivity contribution < 1.29 is 146 Å². The molecule has 68 heavy (non-hydrogen) atoms. The largest absolute Gasteiger partial charge is 0.510 e. The minimum absolute atomic E-state index is 0.898. The summed E-state index contributed by atoms with van der Waals surface area (Å²) < 4.78 is 80.1. The van der Waals surface area contributed by atoms with Crippen LogP contribution in [0.5, 0.6) is 0 Å². The lowest BCUT2D eigenvalue weighted by molar-refractivity contribution is -0.402. The number of hydrogen-bond acceptors (Lipinski definition) is 30. The Morgan fingerprint density at radius 2 is 0.500 bits per heavy atom. The monoisotopic (exact) mass is 1080 g/mol. The standard InChI is InChI=1S/C36H58BrO30.Al/c37-67-30-23(54)36-60-12(6-43)29(30)66-35-22(53)17(48)27(10(4-41)59-35)64-33-20(51)15(46)25(8(2-39)57-33)62-31-18(49)13(44)24(7(1-38)55-31)61-32-19(50)14(45)26(9(3-40)56-32)63-34-21(52)16(47)28(65-36)11(5-42)58-34;/h7-36,38-47,49-54H,1-6H2;/q-1;+1/t7-,8-,9-,10-,11-,12-,13-,14-,15-,16-,17-,18-,19-,20-,21-,22-,23-,24-,25-,26-,27+,28-,29+,30-,31-,32-,33-,34-,35-,36-;/m1./s1. The summed E-state index contributed by atoms with van der Waals surface area (Å²) in [7, 11) is 0. The Morgan fingerprint density at radius 3 is 0.735 bits per heavy atom. The van der Waals surface area contributed by atoms with E-state index < -0.39 is 224 Å². The van der Waals surface area contributed by atoms with Crippen LogP contribution in [0.15, 0.2) is 0 Å². The highest BCUT2D eigenvalue weighted by atomic mass is 79.9. The summed E-state index contributed by atoms with van der Waals surface area (Å²) >= 11 is 4.66. The first-order valence-corrected chi connectivity index (χ1v) is 22.6. The van der Waals surface area contributed by atoms with Gasteiger partial charge in [-0.3, -0.25) is 3.83 Å². The van der Waals surface area contributed by atoms with Crippen LogP contribution in [0.4, 0.5) is 0 Å². The maximum Gasteiger partial charge on any atom is 0.369 e. The number of aliphatic hydroxyl groups is 16. The van der Waals surface area contributed by atoms with Crippen molar-refractivity contribution in [1.29, 1.82) is 0 Å². The van der Waals surface area contributed by atoms with Crippen LogP contribution in [0.2, 0.25) is 0 Å². The van der Waals surface area contributed by atoms with Gasteiger partial charge in [0.1, 0.15) is 140 Å². The molecule has 2 radical (unpaired) electrons. The lowest BCUT2D eigenvalue weighted by atomic mass is 9.94. The number of halogens is 1. The Bertz CT molecular complexity index is 1560. The summed E-state index contributed by atoms with van der Waals surface area (Å²) in [5.74, 6) is 0. The Morgan fingerprint density at radius 1 is 0.294 bits per heavy atom. The third kappa shape index (κ3) is 10.8. The smallest absolute Gasteiger partial charge is 0.369 e. The normalized spacial score (nSPS) is 54.1. The highest BCUT2D eigenvalue weighted by Gasteiger charge is 2.59. The lowest BCUT2D eigenvalue weighted by Crippen LogP contribution is -2.69. The minimum Gasteiger partial charge on any atom is -0.510 e. The van der Waals surface area contributed by atoms with Gasteiger partial charge in [0.2, 0.25) is 0 Å². The van der Waals surface area contributed by atoms with Gasteiger partial charge >= 0.3 is 16.6 Å². The quantitative estimate of drug-likeness (QED) is 0.100. The molecule has 30 nitrogen and oxygen atoms in total. The van der Waals surface area contributed by atoms with E-state index in [-0.39, 0.29) is 0 Å². The van der Waals surface area contributed by atoms with E-state index >= 15 is 0 Å². The molecule has 0 aromatic heterocycles. The number of aliphatic hydroxyl groups excluding tert-OH is 16. The first-order valence-electron chi connectivity index (χ1n) is 21.4. The summed E-state index contributed by atoms with van der Waals surface area (Å²) in [6, 6.07) is 0. The van der Waals surface area contributed by atoms with Crippen LogP contribution in [-0.4, -0.2) is 322 Å². The van der Waals surface area contributed by atoms with Crippen molar-refractivity contribution in [2.45, 2.75) is 184 Å². The van der Waals surface area contributed by atoms with E-state index in [1.165, 1.54) is 0 Å². The summed E-state index contributed by atoms with van der Waals surface area (Å²) in [4.78, 5) is 0.